The van der Waals surface area contributed by atoms with Crippen molar-refractivity contribution in [3.8, 4) is 17.1 Å². The molecule has 9 heteroatoms. The Morgan fingerprint density at radius 1 is 1.06 bits per heavy atom. The van der Waals surface area contributed by atoms with Crippen LogP contribution >= 0.6 is 24.8 Å². The Morgan fingerprint density at radius 2 is 1.79 bits per heavy atom. The Balaban J connectivity index is 0.00000193. The summed E-state index contributed by atoms with van der Waals surface area (Å²) in [6.07, 6.45) is 7.72. The lowest BCUT2D eigenvalue weighted by atomic mass is 9.85. The van der Waals surface area contributed by atoms with Gasteiger partial charge in [-0.3, -0.25) is 9.78 Å². The first-order valence-electron chi connectivity index (χ1n) is 10.8. The third-order valence-corrected chi connectivity index (χ3v) is 5.95. The van der Waals surface area contributed by atoms with E-state index < -0.39 is 0 Å². The van der Waals surface area contributed by atoms with Gasteiger partial charge in [0, 0.05) is 36.6 Å². The van der Waals surface area contributed by atoms with E-state index in [2.05, 4.69) is 34.3 Å². The molecule has 0 radical (unpaired) electrons. The van der Waals surface area contributed by atoms with Gasteiger partial charge >= 0.3 is 0 Å². The SMILES string of the molecule is CC(=O)c1cnc2ccc(-c3ccc(O)nc3)nc2c1NC1CCC(CN(C)C)CC1.Cl.Cl. The second-order valence-corrected chi connectivity index (χ2v) is 8.70. The van der Waals surface area contributed by atoms with Crippen LogP contribution in [-0.2, 0) is 0 Å². The molecule has 7 nitrogen and oxygen atoms in total. The number of pyridine rings is 3. The minimum Gasteiger partial charge on any atom is -0.493 e. The zero-order valence-electron chi connectivity index (χ0n) is 19.1. The van der Waals surface area contributed by atoms with E-state index >= 15 is 0 Å². The molecule has 3 aromatic rings. The van der Waals surface area contributed by atoms with E-state index in [1.807, 2.05) is 12.1 Å². The Kier molecular flexibility index (Phi) is 9.40. The van der Waals surface area contributed by atoms with Crippen molar-refractivity contribution in [2.24, 2.45) is 5.92 Å². The summed E-state index contributed by atoms with van der Waals surface area (Å²) in [6, 6.07) is 7.41. The summed E-state index contributed by atoms with van der Waals surface area (Å²) in [5.74, 6) is 0.662. The van der Waals surface area contributed by atoms with Crippen LogP contribution in [0.15, 0.2) is 36.7 Å². The number of nitrogens with zero attached hydrogens (tertiary/aromatic N) is 4. The van der Waals surface area contributed by atoms with Crippen LogP contribution in [-0.4, -0.2) is 57.4 Å². The van der Waals surface area contributed by atoms with Gasteiger partial charge in [-0.25, -0.2) is 9.97 Å². The summed E-state index contributed by atoms with van der Waals surface area (Å²) in [5.41, 5.74) is 4.28. The van der Waals surface area contributed by atoms with Gasteiger partial charge in [-0.05, 0) is 70.8 Å². The molecule has 3 aromatic heterocycles. The summed E-state index contributed by atoms with van der Waals surface area (Å²) < 4.78 is 0. The van der Waals surface area contributed by atoms with Crippen LogP contribution in [0.5, 0.6) is 5.88 Å². The van der Waals surface area contributed by atoms with Crippen LogP contribution in [0.3, 0.4) is 0 Å². The lowest BCUT2D eigenvalue weighted by Crippen LogP contribution is -2.31. The maximum absolute atomic E-state index is 12.4. The van der Waals surface area contributed by atoms with Crippen LogP contribution in [0.4, 0.5) is 5.69 Å². The van der Waals surface area contributed by atoms with Crippen molar-refractivity contribution in [3.05, 3.63) is 42.2 Å². The smallest absolute Gasteiger partial charge is 0.210 e. The molecule has 1 saturated carbocycles. The maximum Gasteiger partial charge on any atom is 0.210 e. The molecule has 1 fully saturated rings. The van der Waals surface area contributed by atoms with Gasteiger partial charge < -0.3 is 15.3 Å². The van der Waals surface area contributed by atoms with Gasteiger partial charge in [-0.2, -0.15) is 0 Å². The highest BCUT2D eigenvalue weighted by Crippen LogP contribution is 2.32. The molecule has 0 amide bonds. The van der Waals surface area contributed by atoms with Gasteiger partial charge in [0.05, 0.1) is 22.5 Å². The third kappa shape index (κ3) is 6.31. The van der Waals surface area contributed by atoms with Crippen molar-refractivity contribution >= 4 is 47.3 Å². The third-order valence-electron chi connectivity index (χ3n) is 5.95. The number of aromatic hydroxyl groups is 1. The summed E-state index contributed by atoms with van der Waals surface area (Å²) in [5, 5.41) is 13.1. The molecule has 0 unspecified atom stereocenters. The first kappa shape index (κ1) is 26.8. The number of carbonyl (C=O) groups excluding carboxylic acids is 1. The standard InChI is InChI=1S/C24H29N5O2.2ClH/c1-15(30)19-13-25-21-10-9-20(17-6-11-22(31)26-12-17)28-24(21)23(19)27-18-7-4-16(5-8-18)14-29(2)3;;/h6,9-13,16,18H,4-5,7-8,14H2,1-3H3,(H,25,27)(H,26,31);2*1H. The zero-order chi connectivity index (χ0) is 22.0. The number of hydrogen-bond donors (Lipinski definition) is 2. The number of fused-ring (bicyclic) bond motifs is 1. The van der Waals surface area contributed by atoms with Crippen molar-refractivity contribution in [1.82, 2.24) is 19.9 Å². The summed E-state index contributed by atoms with van der Waals surface area (Å²) in [7, 11) is 4.25. The molecule has 3 heterocycles. The fraction of sp³-hybridized carbons (Fsp3) is 0.417. The lowest BCUT2D eigenvalue weighted by Gasteiger charge is -2.31. The second kappa shape index (κ2) is 11.6. The average Bonchev–Trinajstić information content (AvgIpc) is 2.75. The van der Waals surface area contributed by atoms with Gasteiger partial charge in [0.1, 0.15) is 5.52 Å². The van der Waals surface area contributed by atoms with Crippen molar-refractivity contribution < 1.29 is 9.90 Å². The minimum absolute atomic E-state index is 0. The van der Waals surface area contributed by atoms with Crippen LogP contribution < -0.4 is 5.32 Å². The zero-order valence-corrected chi connectivity index (χ0v) is 20.7. The van der Waals surface area contributed by atoms with E-state index in [0.717, 1.165) is 47.8 Å². The van der Waals surface area contributed by atoms with Gasteiger partial charge in [0.15, 0.2) is 5.78 Å². The average molecular weight is 492 g/mol. The first-order valence-corrected chi connectivity index (χ1v) is 10.8. The lowest BCUT2D eigenvalue weighted by molar-refractivity contribution is 0.101. The summed E-state index contributed by atoms with van der Waals surface area (Å²) >= 11 is 0. The van der Waals surface area contributed by atoms with Gasteiger partial charge in [0.25, 0.3) is 0 Å². The van der Waals surface area contributed by atoms with E-state index in [1.54, 1.807) is 25.4 Å². The molecular formula is C24H31Cl2N5O2. The Labute approximate surface area is 206 Å². The van der Waals surface area contributed by atoms with Gasteiger partial charge in [0.2, 0.25) is 5.88 Å². The Bertz CT molecular complexity index is 1080. The summed E-state index contributed by atoms with van der Waals surface area (Å²) in [6.45, 7) is 2.69. The molecule has 2 N–H and O–H groups in total. The number of ketones is 1. The van der Waals surface area contributed by atoms with Crippen molar-refractivity contribution in [3.63, 3.8) is 0 Å². The highest BCUT2D eigenvalue weighted by molar-refractivity contribution is 6.06. The number of hydrogen-bond acceptors (Lipinski definition) is 7. The molecule has 0 bridgehead atoms. The highest BCUT2D eigenvalue weighted by atomic mass is 35.5. The number of Topliss-reactive ketones (excluding diaryl/α,β-unsaturated/α-hetero) is 1. The molecule has 178 valence electrons. The highest BCUT2D eigenvalue weighted by Gasteiger charge is 2.24. The molecule has 33 heavy (non-hydrogen) atoms. The molecular weight excluding hydrogens is 461 g/mol. The van der Waals surface area contributed by atoms with Crippen LogP contribution in [0.1, 0.15) is 43.0 Å². The second-order valence-electron chi connectivity index (χ2n) is 8.70. The number of anilines is 1. The fourth-order valence-electron chi connectivity index (χ4n) is 4.39. The molecule has 0 aliphatic heterocycles. The van der Waals surface area contributed by atoms with E-state index in [-0.39, 0.29) is 36.5 Å². The number of nitrogens with one attached hydrogen (secondary N) is 1. The quantitative estimate of drug-likeness (QED) is 0.469. The van der Waals surface area contributed by atoms with Crippen LogP contribution in [0.25, 0.3) is 22.3 Å². The van der Waals surface area contributed by atoms with Crippen molar-refractivity contribution in [2.75, 3.05) is 26.0 Å². The molecule has 0 aromatic carbocycles. The number of rotatable bonds is 6. The van der Waals surface area contributed by atoms with Crippen LogP contribution in [0, 0.1) is 5.92 Å². The molecule has 0 spiro atoms. The molecule has 1 aliphatic carbocycles. The predicted molar refractivity (Wildman–Crippen MR) is 137 cm³/mol. The normalized spacial score (nSPS) is 17.8. The van der Waals surface area contributed by atoms with E-state index in [4.69, 9.17) is 4.98 Å². The number of carbonyl (C=O) groups is 1. The molecule has 0 saturated heterocycles. The largest absolute Gasteiger partial charge is 0.493 e. The molecule has 4 rings (SSSR count). The maximum atomic E-state index is 12.4. The fourth-order valence-corrected chi connectivity index (χ4v) is 4.39. The monoisotopic (exact) mass is 491 g/mol. The van der Waals surface area contributed by atoms with Gasteiger partial charge in [-0.15, -0.1) is 24.8 Å². The molecule has 1 aliphatic rings. The van der Waals surface area contributed by atoms with Crippen LogP contribution in [0.2, 0.25) is 0 Å². The van der Waals surface area contributed by atoms with E-state index in [9.17, 15) is 9.90 Å². The van der Waals surface area contributed by atoms with Crippen molar-refractivity contribution in [1.29, 1.82) is 0 Å². The topological polar surface area (TPSA) is 91.2 Å². The predicted octanol–water partition coefficient (Wildman–Crippen LogP) is 4.98. The van der Waals surface area contributed by atoms with E-state index in [0.29, 0.717) is 17.1 Å². The minimum atomic E-state index is -0.0308. The number of halogens is 2. The number of aromatic nitrogens is 3. The Morgan fingerprint density at radius 3 is 2.39 bits per heavy atom. The Hall–Kier alpha value is -2.48. The summed E-state index contributed by atoms with van der Waals surface area (Å²) in [4.78, 5) is 27.9. The first-order chi connectivity index (χ1) is 14.9. The van der Waals surface area contributed by atoms with Gasteiger partial charge in [-0.1, -0.05) is 0 Å². The van der Waals surface area contributed by atoms with Crippen molar-refractivity contribution in [2.45, 2.75) is 38.6 Å². The van der Waals surface area contributed by atoms with E-state index in [1.165, 1.54) is 18.9 Å². The molecule has 0 atom stereocenters.